The standard InChI is InChI=1S/C24H23ClF3N7O2/c25-18-6-5-16(11-17(18)24(26,27)28)35(23(30)37)13-14-1-3-15(4-2-14)19-12-32-21(29)20(33-19)22(36)34-9-7-31-8-10-34/h1-6,11-12,31H,7-10,13H2,(H2,29,32)(H2,30,37). The number of nitrogens with zero attached hydrogens (tertiary/aromatic N) is 4. The van der Waals surface area contributed by atoms with E-state index in [1.54, 1.807) is 29.2 Å². The van der Waals surface area contributed by atoms with Crippen molar-refractivity contribution in [2.45, 2.75) is 12.7 Å². The van der Waals surface area contributed by atoms with Crippen LogP contribution in [0, 0.1) is 0 Å². The van der Waals surface area contributed by atoms with Crippen molar-refractivity contribution in [2.24, 2.45) is 5.73 Å². The highest BCUT2D eigenvalue weighted by atomic mass is 35.5. The molecule has 5 N–H and O–H groups in total. The summed E-state index contributed by atoms with van der Waals surface area (Å²) in [4.78, 5) is 36.1. The first kappa shape index (κ1) is 26.2. The molecule has 1 fully saturated rings. The van der Waals surface area contributed by atoms with Crippen LogP contribution in [-0.2, 0) is 12.7 Å². The number of benzene rings is 2. The van der Waals surface area contributed by atoms with E-state index in [0.29, 0.717) is 43.0 Å². The van der Waals surface area contributed by atoms with Crippen LogP contribution >= 0.6 is 11.6 Å². The van der Waals surface area contributed by atoms with Gasteiger partial charge in [0.15, 0.2) is 11.5 Å². The molecule has 4 rings (SSSR count). The SMILES string of the molecule is NC(=O)N(Cc1ccc(-c2cnc(N)c(C(=O)N3CCNCC3)n2)cc1)c1ccc(Cl)c(C(F)(F)F)c1. The van der Waals surface area contributed by atoms with E-state index < -0.39 is 22.8 Å². The van der Waals surface area contributed by atoms with Gasteiger partial charge in [-0.3, -0.25) is 9.69 Å². The Balaban J connectivity index is 1.56. The third-order valence-corrected chi connectivity index (χ3v) is 6.16. The van der Waals surface area contributed by atoms with Crippen molar-refractivity contribution in [3.05, 3.63) is 70.5 Å². The van der Waals surface area contributed by atoms with Crippen molar-refractivity contribution >= 4 is 35.0 Å². The molecule has 0 saturated carbocycles. The van der Waals surface area contributed by atoms with E-state index >= 15 is 0 Å². The first-order valence-electron chi connectivity index (χ1n) is 11.2. The molecule has 13 heteroatoms. The summed E-state index contributed by atoms with van der Waals surface area (Å²) in [6.07, 6.45) is -3.25. The van der Waals surface area contributed by atoms with Gasteiger partial charge in [-0.25, -0.2) is 14.8 Å². The van der Waals surface area contributed by atoms with E-state index in [9.17, 15) is 22.8 Å². The number of hydrogen-bond donors (Lipinski definition) is 3. The first-order chi connectivity index (χ1) is 17.5. The van der Waals surface area contributed by atoms with Gasteiger partial charge in [0.25, 0.3) is 5.91 Å². The average molecular weight is 534 g/mol. The summed E-state index contributed by atoms with van der Waals surface area (Å²) in [5.74, 6) is -0.273. The molecule has 9 nitrogen and oxygen atoms in total. The molecule has 1 aliphatic heterocycles. The summed E-state index contributed by atoms with van der Waals surface area (Å²) >= 11 is 5.69. The molecular formula is C24H23ClF3N7O2. The molecule has 1 aliphatic rings. The van der Waals surface area contributed by atoms with Gasteiger partial charge in [-0.1, -0.05) is 35.9 Å². The maximum atomic E-state index is 13.3. The Kier molecular flexibility index (Phi) is 7.50. The van der Waals surface area contributed by atoms with Gasteiger partial charge in [-0.2, -0.15) is 13.2 Å². The number of anilines is 2. The molecule has 2 heterocycles. The lowest BCUT2D eigenvalue weighted by atomic mass is 10.1. The van der Waals surface area contributed by atoms with Crippen molar-refractivity contribution in [1.29, 1.82) is 0 Å². The fourth-order valence-electron chi connectivity index (χ4n) is 3.87. The third kappa shape index (κ3) is 5.92. The Morgan fingerprint density at radius 3 is 2.41 bits per heavy atom. The smallest absolute Gasteiger partial charge is 0.382 e. The minimum Gasteiger partial charge on any atom is -0.382 e. The molecule has 0 spiro atoms. The Labute approximate surface area is 215 Å². The molecule has 1 aromatic heterocycles. The summed E-state index contributed by atoms with van der Waals surface area (Å²) in [5, 5.41) is 2.69. The van der Waals surface area contributed by atoms with Gasteiger partial charge in [0.2, 0.25) is 0 Å². The molecule has 1 saturated heterocycles. The lowest BCUT2D eigenvalue weighted by Gasteiger charge is -2.27. The van der Waals surface area contributed by atoms with Crippen LogP contribution in [0.1, 0.15) is 21.6 Å². The van der Waals surface area contributed by atoms with Crippen molar-refractivity contribution in [3.8, 4) is 11.3 Å². The van der Waals surface area contributed by atoms with Gasteiger partial charge in [-0.05, 0) is 23.8 Å². The van der Waals surface area contributed by atoms with Crippen LogP contribution in [0.15, 0.2) is 48.7 Å². The first-order valence-corrected chi connectivity index (χ1v) is 11.6. The number of nitrogen functional groups attached to an aromatic ring is 1. The summed E-state index contributed by atoms with van der Waals surface area (Å²) in [6.45, 7) is 2.33. The predicted octanol–water partition coefficient (Wildman–Crippen LogP) is 3.53. The molecule has 37 heavy (non-hydrogen) atoms. The minimum atomic E-state index is -4.69. The van der Waals surface area contributed by atoms with Crippen LogP contribution in [-0.4, -0.2) is 53.0 Å². The molecule has 0 bridgehead atoms. The lowest BCUT2D eigenvalue weighted by Crippen LogP contribution is -2.46. The second-order valence-corrected chi connectivity index (χ2v) is 8.72. The van der Waals surface area contributed by atoms with E-state index in [4.69, 9.17) is 23.1 Å². The second-order valence-electron chi connectivity index (χ2n) is 8.31. The van der Waals surface area contributed by atoms with Gasteiger partial charge < -0.3 is 21.7 Å². The molecule has 0 aliphatic carbocycles. The van der Waals surface area contributed by atoms with Crippen molar-refractivity contribution in [1.82, 2.24) is 20.2 Å². The van der Waals surface area contributed by atoms with Crippen molar-refractivity contribution < 1.29 is 22.8 Å². The predicted molar refractivity (Wildman–Crippen MR) is 133 cm³/mol. The number of alkyl halides is 3. The van der Waals surface area contributed by atoms with E-state index in [0.717, 1.165) is 17.0 Å². The lowest BCUT2D eigenvalue weighted by molar-refractivity contribution is -0.137. The quantitative estimate of drug-likeness (QED) is 0.460. The van der Waals surface area contributed by atoms with Crippen LogP contribution < -0.4 is 21.7 Å². The Morgan fingerprint density at radius 1 is 1.11 bits per heavy atom. The number of nitrogens with one attached hydrogen (secondary N) is 1. The minimum absolute atomic E-state index is 0.0298. The van der Waals surface area contributed by atoms with Gasteiger partial charge in [0.1, 0.15) is 0 Å². The molecule has 0 unspecified atom stereocenters. The van der Waals surface area contributed by atoms with Crippen molar-refractivity contribution in [2.75, 3.05) is 36.8 Å². The number of primary amides is 1. The number of carbonyl (C=O) groups is 2. The number of carbonyl (C=O) groups excluding carboxylic acids is 2. The van der Waals surface area contributed by atoms with Crippen LogP contribution in [0.25, 0.3) is 11.3 Å². The van der Waals surface area contributed by atoms with Gasteiger partial charge in [0, 0.05) is 37.4 Å². The second kappa shape index (κ2) is 10.6. The molecule has 3 amide bonds. The van der Waals surface area contributed by atoms with Crippen LogP contribution in [0.3, 0.4) is 0 Å². The number of rotatable bonds is 5. The average Bonchev–Trinajstić information content (AvgIpc) is 2.88. The molecule has 2 aromatic carbocycles. The molecule has 3 aromatic rings. The zero-order valence-corrected chi connectivity index (χ0v) is 20.2. The molecule has 194 valence electrons. The summed E-state index contributed by atoms with van der Waals surface area (Å²) in [7, 11) is 0. The van der Waals surface area contributed by atoms with Gasteiger partial charge >= 0.3 is 12.2 Å². The molecule has 0 radical (unpaired) electrons. The van der Waals surface area contributed by atoms with E-state index in [1.165, 1.54) is 12.3 Å². The fraction of sp³-hybridized carbons (Fsp3) is 0.250. The summed E-state index contributed by atoms with van der Waals surface area (Å²) < 4.78 is 39.8. The Hall–Kier alpha value is -3.90. The number of urea groups is 1. The number of aromatic nitrogens is 2. The zero-order chi connectivity index (χ0) is 26.7. The number of hydrogen-bond acceptors (Lipinski definition) is 6. The van der Waals surface area contributed by atoms with E-state index in [2.05, 4.69) is 15.3 Å². The molecule has 0 atom stereocenters. The van der Waals surface area contributed by atoms with E-state index in [1.807, 2.05) is 0 Å². The number of amides is 3. The van der Waals surface area contributed by atoms with E-state index in [-0.39, 0.29) is 29.7 Å². The molecular weight excluding hydrogens is 511 g/mol. The van der Waals surface area contributed by atoms with Crippen molar-refractivity contribution in [3.63, 3.8) is 0 Å². The van der Waals surface area contributed by atoms with Crippen LogP contribution in [0.2, 0.25) is 5.02 Å². The summed E-state index contributed by atoms with van der Waals surface area (Å²) in [6, 6.07) is 8.93. The number of piperazine rings is 1. The Morgan fingerprint density at radius 2 is 1.78 bits per heavy atom. The van der Waals surface area contributed by atoms with Crippen LogP contribution in [0.5, 0.6) is 0 Å². The fourth-order valence-corrected chi connectivity index (χ4v) is 4.10. The topological polar surface area (TPSA) is 130 Å². The normalized spacial score (nSPS) is 13.9. The highest BCUT2D eigenvalue weighted by Crippen LogP contribution is 2.37. The maximum Gasteiger partial charge on any atom is 0.417 e. The third-order valence-electron chi connectivity index (χ3n) is 5.83. The highest BCUT2D eigenvalue weighted by Gasteiger charge is 2.34. The van der Waals surface area contributed by atoms with Gasteiger partial charge in [-0.15, -0.1) is 0 Å². The van der Waals surface area contributed by atoms with Gasteiger partial charge in [0.05, 0.1) is 29.0 Å². The zero-order valence-electron chi connectivity index (χ0n) is 19.4. The number of halogens is 4. The highest BCUT2D eigenvalue weighted by molar-refractivity contribution is 6.31. The number of nitrogens with two attached hydrogens (primary N) is 2. The monoisotopic (exact) mass is 533 g/mol. The maximum absolute atomic E-state index is 13.3. The largest absolute Gasteiger partial charge is 0.417 e. The van der Waals surface area contributed by atoms with Crippen LogP contribution in [0.4, 0.5) is 29.5 Å². The summed E-state index contributed by atoms with van der Waals surface area (Å²) in [5.41, 5.74) is 12.0. The Bertz CT molecular complexity index is 1310.